The predicted molar refractivity (Wildman–Crippen MR) is 104 cm³/mol. The number of nitrogens with one attached hydrogen (secondary N) is 1. The fourth-order valence-electron chi connectivity index (χ4n) is 2.86. The van der Waals surface area contributed by atoms with E-state index < -0.39 is 0 Å². The number of rotatable bonds is 9. The molecule has 3 aromatic rings. The van der Waals surface area contributed by atoms with Crippen LogP contribution in [-0.2, 0) is 17.6 Å². The van der Waals surface area contributed by atoms with Gasteiger partial charge in [0.25, 0.3) is 0 Å². The van der Waals surface area contributed by atoms with Crippen LogP contribution in [0.3, 0.4) is 0 Å². The van der Waals surface area contributed by atoms with Gasteiger partial charge in [0, 0.05) is 18.9 Å². The largest absolute Gasteiger partial charge is 0.474 e. The van der Waals surface area contributed by atoms with Gasteiger partial charge in [-0.2, -0.15) is 4.52 Å². The van der Waals surface area contributed by atoms with E-state index >= 15 is 0 Å². The summed E-state index contributed by atoms with van der Waals surface area (Å²) in [4.78, 5) is 12.3. The normalized spacial score (nSPS) is 12.3. The lowest BCUT2D eigenvalue weighted by Crippen LogP contribution is -2.39. The minimum atomic E-state index is -0.325. The first-order chi connectivity index (χ1) is 13.5. The molecule has 0 radical (unpaired) electrons. The summed E-state index contributed by atoms with van der Waals surface area (Å²) >= 11 is 0. The number of benzene rings is 1. The second-order valence-electron chi connectivity index (χ2n) is 6.86. The van der Waals surface area contributed by atoms with Crippen LogP contribution < -0.4 is 10.1 Å². The Morgan fingerprint density at radius 2 is 1.96 bits per heavy atom. The SMILES string of the molecule is CC(C)Oc1ccc2nnc(CCC(=O)NC(CO)Cc3ccccc3)n2n1. The zero-order chi connectivity index (χ0) is 19.9. The number of hydrogen-bond acceptors (Lipinski definition) is 6. The summed E-state index contributed by atoms with van der Waals surface area (Å²) in [6.07, 6.45) is 1.20. The van der Waals surface area contributed by atoms with E-state index in [9.17, 15) is 9.90 Å². The van der Waals surface area contributed by atoms with E-state index in [1.54, 1.807) is 16.6 Å². The molecule has 2 heterocycles. The Hall–Kier alpha value is -3.00. The molecule has 8 heteroatoms. The molecule has 0 saturated heterocycles. The highest BCUT2D eigenvalue weighted by molar-refractivity contribution is 5.76. The van der Waals surface area contributed by atoms with Crippen LogP contribution in [0, 0.1) is 0 Å². The number of aliphatic hydroxyl groups excluding tert-OH is 1. The number of aryl methyl sites for hydroxylation is 1. The maximum absolute atomic E-state index is 12.3. The molecule has 28 heavy (non-hydrogen) atoms. The number of carbonyl (C=O) groups excluding carboxylic acids is 1. The molecular formula is C20H25N5O3. The third-order valence-corrected chi connectivity index (χ3v) is 4.15. The minimum Gasteiger partial charge on any atom is -0.474 e. The maximum atomic E-state index is 12.3. The van der Waals surface area contributed by atoms with E-state index in [2.05, 4.69) is 20.6 Å². The lowest BCUT2D eigenvalue weighted by molar-refractivity contribution is -0.122. The van der Waals surface area contributed by atoms with Crippen molar-refractivity contribution in [1.29, 1.82) is 0 Å². The fourth-order valence-corrected chi connectivity index (χ4v) is 2.86. The average Bonchev–Trinajstić information content (AvgIpc) is 3.08. The molecule has 1 aromatic carbocycles. The van der Waals surface area contributed by atoms with Gasteiger partial charge in [0.2, 0.25) is 11.8 Å². The Morgan fingerprint density at radius 3 is 2.68 bits per heavy atom. The highest BCUT2D eigenvalue weighted by Gasteiger charge is 2.15. The Labute approximate surface area is 163 Å². The van der Waals surface area contributed by atoms with Gasteiger partial charge in [0.05, 0.1) is 18.8 Å². The van der Waals surface area contributed by atoms with Crippen molar-refractivity contribution in [2.75, 3.05) is 6.61 Å². The van der Waals surface area contributed by atoms with Gasteiger partial charge >= 0.3 is 0 Å². The topological polar surface area (TPSA) is 102 Å². The maximum Gasteiger partial charge on any atom is 0.232 e. The molecule has 148 valence electrons. The Kier molecular flexibility index (Phi) is 6.54. The summed E-state index contributed by atoms with van der Waals surface area (Å²) in [7, 11) is 0. The van der Waals surface area contributed by atoms with E-state index in [0.29, 0.717) is 30.2 Å². The van der Waals surface area contributed by atoms with Gasteiger partial charge < -0.3 is 15.2 Å². The average molecular weight is 383 g/mol. The van der Waals surface area contributed by atoms with Gasteiger partial charge in [0.1, 0.15) is 0 Å². The van der Waals surface area contributed by atoms with Crippen LogP contribution >= 0.6 is 0 Å². The molecule has 0 spiro atoms. The number of ether oxygens (including phenoxy) is 1. The van der Waals surface area contributed by atoms with Crippen LogP contribution in [0.25, 0.3) is 5.65 Å². The van der Waals surface area contributed by atoms with Crippen LogP contribution in [-0.4, -0.2) is 49.6 Å². The molecule has 0 fully saturated rings. The van der Waals surface area contributed by atoms with E-state index in [1.165, 1.54) is 0 Å². The van der Waals surface area contributed by atoms with Crippen molar-refractivity contribution in [3.8, 4) is 5.88 Å². The summed E-state index contributed by atoms with van der Waals surface area (Å²) in [5, 5.41) is 25.0. The highest BCUT2D eigenvalue weighted by Crippen LogP contribution is 2.12. The van der Waals surface area contributed by atoms with Crippen molar-refractivity contribution in [1.82, 2.24) is 25.1 Å². The highest BCUT2D eigenvalue weighted by atomic mass is 16.5. The predicted octanol–water partition coefficient (Wildman–Crippen LogP) is 1.56. The van der Waals surface area contributed by atoms with E-state index in [1.807, 2.05) is 44.2 Å². The zero-order valence-electron chi connectivity index (χ0n) is 16.1. The number of fused-ring (bicyclic) bond motifs is 1. The van der Waals surface area contributed by atoms with Gasteiger partial charge in [0.15, 0.2) is 11.5 Å². The zero-order valence-corrected chi connectivity index (χ0v) is 16.1. The molecule has 1 atom stereocenters. The summed E-state index contributed by atoms with van der Waals surface area (Å²) in [6, 6.07) is 13.0. The number of amides is 1. The third kappa shape index (κ3) is 5.26. The van der Waals surface area contributed by atoms with Crippen molar-refractivity contribution in [2.45, 2.75) is 45.3 Å². The van der Waals surface area contributed by atoms with E-state index in [-0.39, 0.29) is 31.1 Å². The number of aliphatic hydroxyl groups is 1. The minimum absolute atomic E-state index is 0.00990. The van der Waals surface area contributed by atoms with Crippen LogP contribution in [0.1, 0.15) is 31.7 Å². The van der Waals surface area contributed by atoms with Crippen LogP contribution in [0.4, 0.5) is 0 Å². The van der Waals surface area contributed by atoms with Gasteiger partial charge in [-0.15, -0.1) is 15.3 Å². The molecule has 1 unspecified atom stereocenters. The molecular weight excluding hydrogens is 358 g/mol. The second-order valence-corrected chi connectivity index (χ2v) is 6.86. The van der Waals surface area contributed by atoms with Gasteiger partial charge in [-0.05, 0) is 31.9 Å². The molecule has 0 saturated carbocycles. The van der Waals surface area contributed by atoms with Crippen molar-refractivity contribution in [2.24, 2.45) is 0 Å². The summed E-state index contributed by atoms with van der Waals surface area (Å²) in [6.45, 7) is 3.73. The molecule has 0 aliphatic rings. The van der Waals surface area contributed by atoms with Crippen molar-refractivity contribution < 1.29 is 14.6 Å². The van der Waals surface area contributed by atoms with Crippen LogP contribution in [0.2, 0.25) is 0 Å². The van der Waals surface area contributed by atoms with Crippen molar-refractivity contribution in [3.63, 3.8) is 0 Å². The molecule has 0 aliphatic heterocycles. The van der Waals surface area contributed by atoms with E-state index in [0.717, 1.165) is 5.56 Å². The monoisotopic (exact) mass is 383 g/mol. The summed E-state index contributed by atoms with van der Waals surface area (Å²) in [5.74, 6) is 0.917. The lowest BCUT2D eigenvalue weighted by Gasteiger charge is -2.16. The van der Waals surface area contributed by atoms with Crippen molar-refractivity contribution >= 4 is 11.6 Å². The summed E-state index contributed by atoms with van der Waals surface area (Å²) in [5.41, 5.74) is 1.66. The molecule has 0 aliphatic carbocycles. The van der Waals surface area contributed by atoms with Crippen molar-refractivity contribution in [3.05, 3.63) is 53.9 Å². The Morgan fingerprint density at radius 1 is 1.18 bits per heavy atom. The number of nitrogens with zero attached hydrogens (tertiary/aromatic N) is 4. The summed E-state index contributed by atoms with van der Waals surface area (Å²) < 4.78 is 7.20. The van der Waals surface area contributed by atoms with Gasteiger partial charge in [-0.3, -0.25) is 4.79 Å². The Balaban J connectivity index is 1.59. The first kappa shape index (κ1) is 19.8. The lowest BCUT2D eigenvalue weighted by atomic mass is 10.1. The van der Waals surface area contributed by atoms with Crippen LogP contribution in [0.15, 0.2) is 42.5 Å². The smallest absolute Gasteiger partial charge is 0.232 e. The molecule has 8 nitrogen and oxygen atoms in total. The molecule has 2 N–H and O–H groups in total. The molecule has 3 rings (SSSR count). The third-order valence-electron chi connectivity index (χ3n) is 4.15. The first-order valence-electron chi connectivity index (χ1n) is 9.37. The van der Waals surface area contributed by atoms with Crippen LogP contribution in [0.5, 0.6) is 5.88 Å². The number of hydrogen-bond donors (Lipinski definition) is 2. The Bertz CT molecular complexity index is 911. The number of carbonyl (C=O) groups is 1. The fraction of sp³-hybridized carbons (Fsp3) is 0.400. The van der Waals surface area contributed by atoms with E-state index in [4.69, 9.17) is 4.74 Å². The van der Waals surface area contributed by atoms with Gasteiger partial charge in [-0.1, -0.05) is 30.3 Å². The first-order valence-corrected chi connectivity index (χ1v) is 9.37. The number of aromatic nitrogens is 4. The molecule has 1 amide bonds. The molecule has 0 bridgehead atoms. The molecule has 2 aromatic heterocycles. The quantitative estimate of drug-likeness (QED) is 0.581. The second kappa shape index (κ2) is 9.27. The standard InChI is InChI=1S/C20H25N5O3/c1-14(2)28-20-11-9-18-23-22-17(25(18)24-20)8-10-19(27)21-16(13-26)12-15-6-4-3-5-7-15/h3-7,9,11,14,16,26H,8,10,12-13H2,1-2H3,(H,21,27). The van der Waals surface area contributed by atoms with Gasteiger partial charge in [-0.25, -0.2) is 0 Å².